The Kier molecular flexibility index (Phi) is 8.77. The Morgan fingerprint density at radius 2 is 1.83 bits per heavy atom. The van der Waals surface area contributed by atoms with E-state index in [9.17, 15) is 9.59 Å². The summed E-state index contributed by atoms with van der Waals surface area (Å²) in [5.74, 6) is -0.263. The van der Waals surface area contributed by atoms with E-state index in [0.717, 1.165) is 6.42 Å². The maximum Gasteiger partial charge on any atom is 0.286 e. The highest BCUT2D eigenvalue weighted by atomic mass is 32.1. The maximum absolute atomic E-state index is 12.2. The second-order valence-electron chi connectivity index (χ2n) is 7.76. The van der Waals surface area contributed by atoms with Crippen molar-refractivity contribution in [1.29, 1.82) is 0 Å². The van der Waals surface area contributed by atoms with Crippen molar-refractivity contribution in [2.75, 3.05) is 25.0 Å². The lowest BCUT2D eigenvalue weighted by molar-refractivity contribution is -0.121. The van der Waals surface area contributed by atoms with Gasteiger partial charge in [-0.2, -0.15) is 0 Å². The van der Waals surface area contributed by atoms with E-state index in [0.29, 0.717) is 41.1 Å². The molecule has 0 aliphatic carbocycles. The van der Waals surface area contributed by atoms with E-state index in [4.69, 9.17) is 0 Å². The minimum Gasteiger partial charge on any atom is -0.356 e. The summed E-state index contributed by atoms with van der Waals surface area (Å²) in [4.78, 5) is 26.9. The van der Waals surface area contributed by atoms with Crippen molar-refractivity contribution in [2.45, 2.75) is 57.9 Å². The molecule has 1 aliphatic heterocycles. The Morgan fingerprint density at radius 1 is 1.10 bits per heavy atom. The Labute approximate surface area is 182 Å². The summed E-state index contributed by atoms with van der Waals surface area (Å²) in [7, 11) is 0. The zero-order chi connectivity index (χ0) is 21.2. The molecule has 1 fully saturated rings. The van der Waals surface area contributed by atoms with Gasteiger partial charge in [-0.25, -0.2) is 0 Å². The molecular weight excluding hydrogens is 398 g/mol. The number of aromatic nitrogens is 2. The zero-order valence-electron chi connectivity index (χ0n) is 17.6. The van der Waals surface area contributed by atoms with Crippen molar-refractivity contribution < 1.29 is 9.59 Å². The van der Waals surface area contributed by atoms with Crippen LogP contribution in [0.25, 0.3) is 0 Å². The molecule has 0 spiro atoms. The first-order valence-corrected chi connectivity index (χ1v) is 11.6. The summed E-state index contributed by atoms with van der Waals surface area (Å²) >= 11 is 1.23. The first-order valence-electron chi connectivity index (χ1n) is 10.8. The molecule has 0 radical (unpaired) electrons. The minimum atomic E-state index is -0.281. The molecule has 8 heteroatoms. The molecule has 162 valence electrons. The van der Waals surface area contributed by atoms with Crippen LogP contribution in [0.1, 0.15) is 60.3 Å². The smallest absolute Gasteiger partial charge is 0.286 e. The summed E-state index contributed by atoms with van der Waals surface area (Å²) in [6, 6.07) is 9.73. The molecule has 3 rings (SSSR count). The van der Waals surface area contributed by atoms with Crippen LogP contribution in [-0.2, 0) is 11.2 Å². The van der Waals surface area contributed by atoms with E-state index in [1.165, 1.54) is 50.1 Å². The van der Waals surface area contributed by atoms with Gasteiger partial charge in [-0.05, 0) is 51.4 Å². The highest BCUT2D eigenvalue weighted by Gasteiger charge is 2.16. The number of hydrogen-bond acceptors (Lipinski definition) is 6. The molecule has 1 aliphatic rings. The van der Waals surface area contributed by atoms with Gasteiger partial charge in [-0.1, -0.05) is 42.4 Å². The third-order valence-electron chi connectivity index (χ3n) is 5.41. The van der Waals surface area contributed by atoms with Gasteiger partial charge < -0.3 is 15.5 Å². The van der Waals surface area contributed by atoms with Crippen molar-refractivity contribution in [1.82, 2.24) is 20.4 Å². The van der Waals surface area contributed by atoms with Crippen LogP contribution >= 0.6 is 11.3 Å². The van der Waals surface area contributed by atoms with Crippen molar-refractivity contribution in [3.05, 3.63) is 40.3 Å². The largest absolute Gasteiger partial charge is 0.356 e. The number of nitrogens with zero attached hydrogens (tertiary/aromatic N) is 3. The molecule has 0 unspecified atom stereocenters. The first kappa shape index (κ1) is 22.4. The lowest BCUT2D eigenvalue weighted by Gasteiger charge is -2.27. The lowest BCUT2D eigenvalue weighted by atomic mass is 10.2. The van der Waals surface area contributed by atoms with Crippen LogP contribution in [-0.4, -0.2) is 52.6 Å². The zero-order valence-corrected chi connectivity index (χ0v) is 18.4. The molecule has 1 aromatic heterocycles. The van der Waals surface area contributed by atoms with Gasteiger partial charge in [0.05, 0.1) is 0 Å². The van der Waals surface area contributed by atoms with Crippen LogP contribution in [0.15, 0.2) is 30.3 Å². The number of hydrogen-bond donors (Lipinski definition) is 2. The Balaban J connectivity index is 1.35. The predicted octanol–water partition coefficient (Wildman–Crippen LogP) is 3.49. The van der Waals surface area contributed by atoms with E-state index in [2.05, 4.69) is 32.7 Å². The number of rotatable bonds is 9. The average Bonchev–Trinajstić information content (AvgIpc) is 3.06. The monoisotopic (exact) mass is 429 g/mol. The van der Waals surface area contributed by atoms with E-state index in [-0.39, 0.29) is 11.8 Å². The lowest BCUT2D eigenvalue weighted by Crippen LogP contribution is -2.37. The molecule has 0 saturated carbocycles. The van der Waals surface area contributed by atoms with Crippen LogP contribution < -0.4 is 10.6 Å². The Bertz CT molecular complexity index is 803. The highest BCUT2D eigenvalue weighted by molar-refractivity contribution is 7.13. The molecule has 1 atom stereocenters. The van der Waals surface area contributed by atoms with E-state index < -0.39 is 0 Å². The molecule has 0 bridgehead atoms. The number of nitrogens with one attached hydrogen (secondary N) is 2. The van der Waals surface area contributed by atoms with E-state index in [1.807, 2.05) is 30.3 Å². The fourth-order valence-corrected chi connectivity index (χ4v) is 4.33. The number of carbonyl (C=O) groups is 2. The quantitative estimate of drug-likeness (QED) is 0.637. The Morgan fingerprint density at radius 3 is 2.57 bits per heavy atom. The van der Waals surface area contributed by atoms with Gasteiger partial charge in [0.1, 0.15) is 5.01 Å². The second-order valence-corrected chi connectivity index (χ2v) is 8.82. The van der Waals surface area contributed by atoms with Crippen LogP contribution in [0.4, 0.5) is 5.69 Å². The van der Waals surface area contributed by atoms with Crippen LogP contribution in [0.3, 0.4) is 0 Å². The number of benzene rings is 1. The Hall–Kier alpha value is -2.32. The third-order valence-corrected chi connectivity index (χ3v) is 6.39. The third kappa shape index (κ3) is 7.18. The van der Waals surface area contributed by atoms with E-state index in [1.54, 1.807) is 0 Å². The molecular formula is C22H31N5O2S. The molecule has 1 saturated heterocycles. The van der Waals surface area contributed by atoms with Crippen LogP contribution in [0.2, 0.25) is 0 Å². The van der Waals surface area contributed by atoms with Gasteiger partial charge in [0.25, 0.3) is 5.91 Å². The van der Waals surface area contributed by atoms with Crippen molar-refractivity contribution in [2.24, 2.45) is 0 Å². The number of anilines is 1. The number of aryl methyl sites for hydroxylation is 1. The molecule has 1 aromatic carbocycles. The SMILES string of the molecule is C[C@@H](CCNC(=O)CCc1nnc(C(=O)Nc2ccccc2)s1)N1CCCCCC1. The van der Waals surface area contributed by atoms with Crippen molar-refractivity contribution in [3.63, 3.8) is 0 Å². The molecule has 2 amide bonds. The summed E-state index contributed by atoms with van der Waals surface area (Å²) in [6.45, 7) is 5.29. The predicted molar refractivity (Wildman–Crippen MR) is 120 cm³/mol. The maximum atomic E-state index is 12.2. The highest BCUT2D eigenvalue weighted by Crippen LogP contribution is 2.15. The summed E-state index contributed by atoms with van der Waals surface area (Å²) < 4.78 is 0. The van der Waals surface area contributed by atoms with Gasteiger partial charge in [0.15, 0.2) is 0 Å². The van der Waals surface area contributed by atoms with Gasteiger partial charge in [0.2, 0.25) is 10.9 Å². The molecule has 30 heavy (non-hydrogen) atoms. The second kappa shape index (κ2) is 11.8. The molecule has 7 nitrogen and oxygen atoms in total. The number of carbonyl (C=O) groups excluding carboxylic acids is 2. The van der Waals surface area contributed by atoms with Gasteiger partial charge in [-0.15, -0.1) is 10.2 Å². The minimum absolute atomic E-state index is 0.0172. The first-order chi connectivity index (χ1) is 14.6. The number of likely N-dealkylation sites (tertiary alicyclic amines) is 1. The average molecular weight is 430 g/mol. The summed E-state index contributed by atoms with van der Waals surface area (Å²) in [5.41, 5.74) is 0.716. The fourth-order valence-electron chi connectivity index (χ4n) is 3.60. The van der Waals surface area contributed by atoms with Crippen molar-refractivity contribution in [3.8, 4) is 0 Å². The fraction of sp³-hybridized carbons (Fsp3) is 0.545. The van der Waals surface area contributed by atoms with E-state index >= 15 is 0 Å². The summed E-state index contributed by atoms with van der Waals surface area (Å²) in [5, 5.41) is 14.8. The number of para-hydroxylation sites is 1. The topological polar surface area (TPSA) is 87.2 Å². The standard InChI is InChI=1S/C22H31N5O2S/c1-17(27-15-7-2-3-8-16-27)13-14-23-19(28)11-12-20-25-26-22(30-20)21(29)24-18-9-5-4-6-10-18/h4-6,9-10,17H,2-3,7-8,11-16H2,1H3,(H,23,28)(H,24,29)/t17-/m0/s1. The molecule has 2 N–H and O–H groups in total. The van der Waals surface area contributed by atoms with Crippen LogP contribution in [0, 0.1) is 0 Å². The van der Waals surface area contributed by atoms with Crippen molar-refractivity contribution >= 4 is 28.8 Å². The molecule has 2 heterocycles. The molecule has 2 aromatic rings. The van der Waals surface area contributed by atoms with Gasteiger partial charge in [0, 0.05) is 31.1 Å². The van der Waals surface area contributed by atoms with Gasteiger partial charge in [-0.3, -0.25) is 9.59 Å². The summed E-state index contributed by atoms with van der Waals surface area (Å²) in [6.07, 6.45) is 7.04. The number of amides is 2. The van der Waals surface area contributed by atoms with Gasteiger partial charge >= 0.3 is 0 Å². The van der Waals surface area contributed by atoms with Crippen LogP contribution in [0.5, 0.6) is 0 Å². The normalized spacial score (nSPS) is 15.9.